The zero-order valence-corrected chi connectivity index (χ0v) is 13.7. The molecule has 1 aromatic rings. The van der Waals surface area contributed by atoms with Gasteiger partial charge in [0.15, 0.2) is 5.96 Å². The van der Waals surface area contributed by atoms with Crippen LogP contribution in [0.1, 0.15) is 30.1 Å². The third kappa shape index (κ3) is 7.10. The first kappa shape index (κ1) is 19.4. The maximum absolute atomic E-state index is 12.3. The molecular formula is C16H25N5O3. The SMILES string of the molecule is CC(CO)NC(=O)[C@H](CCCN=C(N)N)NC(=O)c1ccccc1. The van der Waals surface area contributed by atoms with Gasteiger partial charge < -0.3 is 27.2 Å². The van der Waals surface area contributed by atoms with E-state index in [-0.39, 0.29) is 24.4 Å². The molecule has 0 aromatic heterocycles. The Hall–Kier alpha value is -2.61. The molecule has 0 aliphatic heterocycles. The van der Waals surface area contributed by atoms with E-state index in [1.54, 1.807) is 37.3 Å². The van der Waals surface area contributed by atoms with Gasteiger partial charge in [-0.3, -0.25) is 14.6 Å². The molecule has 24 heavy (non-hydrogen) atoms. The molecule has 2 amide bonds. The van der Waals surface area contributed by atoms with Gasteiger partial charge >= 0.3 is 0 Å². The van der Waals surface area contributed by atoms with Gasteiger partial charge in [0.2, 0.25) is 5.91 Å². The van der Waals surface area contributed by atoms with Crippen molar-refractivity contribution in [3.63, 3.8) is 0 Å². The van der Waals surface area contributed by atoms with E-state index < -0.39 is 12.1 Å². The van der Waals surface area contributed by atoms with E-state index in [1.807, 2.05) is 0 Å². The highest BCUT2D eigenvalue weighted by Crippen LogP contribution is 2.04. The molecule has 7 N–H and O–H groups in total. The third-order valence-electron chi connectivity index (χ3n) is 3.27. The zero-order chi connectivity index (χ0) is 17.9. The Kier molecular flexibility index (Phi) is 8.28. The number of nitrogens with zero attached hydrogens (tertiary/aromatic N) is 1. The molecule has 0 spiro atoms. The van der Waals surface area contributed by atoms with Crippen LogP contribution >= 0.6 is 0 Å². The molecule has 1 aromatic carbocycles. The van der Waals surface area contributed by atoms with Gasteiger partial charge in [0.05, 0.1) is 6.61 Å². The summed E-state index contributed by atoms with van der Waals surface area (Å²) in [6.45, 7) is 1.86. The summed E-state index contributed by atoms with van der Waals surface area (Å²) in [7, 11) is 0. The van der Waals surface area contributed by atoms with Gasteiger partial charge in [-0.15, -0.1) is 0 Å². The minimum Gasteiger partial charge on any atom is -0.394 e. The van der Waals surface area contributed by atoms with Crippen LogP contribution in [0.3, 0.4) is 0 Å². The van der Waals surface area contributed by atoms with E-state index in [0.29, 0.717) is 24.9 Å². The summed E-state index contributed by atoms with van der Waals surface area (Å²) in [5.74, 6) is -0.710. The molecular weight excluding hydrogens is 310 g/mol. The normalized spacial score (nSPS) is 12.8. The number of hydrogen-bond donors (Lipinski definition) is 5. The van der Waals surface area contributed by atoms with Gasteiger partial charge in [-0.05, 0) is 31.9 Å². The van der Waals surface area contributed by atoms with Crippen molar-refractivity contribution in [2.75, 3.05) is 13.2 Å². The summed E-state index contributed by atoms with van der Waals surface area (Å²) < 4.78 is 0. The van der Waals surface area contributed by atoms with Crippen LogP contribution in [0.5, 0.6) is 0 Å². The third-order valence-corrected chi connectivity index (χ3v) is 3.27. The molecule has 0 saturated heterocycles. The maximum Gasteiger partial charge on any atom is 0.251 e. The standard InChI is InChI=1S/C16H25N5O3/c1-11(10-22)20-15(24)13(8-5-9-19-16(17)18)21-14(23)12-6-3-2-4-7-12/h2-4,6-7,11,13,22H,5,8-10H2,1H3,(H,20,24)(H,21,23)(H4,17,18,19)/t11?,13-/m0/s1. The summed E-state index contributed by atoms with van der Waals surface area (Å²) in [6.07, 6.45) is 0.901. The first-order chi connectivity index (χ1) is 11.4. The van der Waals surface area contributed by atoms with Gasteiger partial charge in [-0.2, -0.15) is 0 Å². The molecule has 0 heterocycles. The molecule has 0 aliphatic carbocycles. The van der Waals surface area contributed by atoms with E-state index in [9.17, 15) is 9.59 Å². The molecule has 0 bridgehead atoms. The van der Waals surface area contributed by atoms with E-state index >= 15 is 0 Å². The topological polar surface area (TPSA) is 143 Å². The second kappa shape index (κ2) is 10.2. The largest absolute Gasteiger partial charge is 0.394 e. The van der Waals surface area contributed by atoms with Crippen LogP contribution in [0.15, 0.2) is 35.3 Å². The number of carbonyl (C=O) groups is 2. The fourth-order valence-corrected chi connectivity index (χ4v) is 1.99. The molecule has 8 heteroatoms. The summed E-state index contributed by atoms with van der Waals surface area (Å²) in [4.78, 5) is 28.4. The number of nitrogens with one attached hydrogen (secondary N) is 2. The Balaban J connectivity index is 2.70. The van der Waals surface area contributed by atoms with E-state index in [2.05, 4.69) is 15.6 Å². The van der Waals surface area contributed by atoms with Crippen molar-refractivity contribution < 1.29 is 14.7 Å². The number of aliphatic imine (C=N–C) groups is 1. The fraction of sp³-hybridized carbons (Fsp3) is 0.438. The van der Waals surface area contributed by atoms with E-state index in [1.165, 1.54) is 0 Å². The fourth-order valence-electron chi connectivity index (χ4n) is 1.99. The second-order valence-electron chi connectivity index (χ2n) is 5.43. The van der Waals surface area contributed by atoms with Gasteiger partial charge in [-0.1, -0.05) is 18.2 Å². The van der Waals surface area contributed by atoms with Gasteiger partial charge in [-0.25, -0.2) is 0 Å². The predicted octanol–water partition coefficient (Wildman–Crippen LogP) is -0.664. The number of hydrogen-bond acceptors (Lipinski definition) is 4. The van der Waals surface area contributed by atoms with Crippen LogP contribution in [-0.2, 0) is 4.79 Å². The summed E-state index contributed by atoms with van der Waals surface area (Å²) in [5.41, 5.74) is 11.0. The van der Waals surface area contributed by atoms with Gasteiger partial charge in [0.1, 0.15) is 6.04 Å². The Morgan fingerprint density at radius 2 is 1.88 bits per heavy atom. The number of aliphatic hydroxyl groups is 1. The predicted molar refractivity (Wildman–Crippen MR) is 92.3 cm³/mol. The molecule has 132 valence electrons. The first-order valence-electron chi connectivity index (χ1n) is 7.76. The number of aliphatic hydroxyl groups excluding tert-OH is 1. The average molecular weight is 335 g/mol. The molecule has 1 rings (SSSR count). The lowest BCUT2D eigenvalue weighted by Crippen LogP contribution is -2.49. The lowest BCUT2D eigenvalue weighted by molar-refractivity contribution is -0.124. The number of amides is 2. The van der Waals surface area contributed by atoms with Crippen molar-refractivity contribution in [3.05, 3.63) is 35.9 Å². The Morgan fingerprint density at radius 1 is 1.21 bits per heavy atom. The molecule has 8 nitrogen and oxygen atoms in total. The molecule has 1 unspecified atom stereocenters. The van der Waals surface area contributed by atoms with Crippen LogP contribution < -0.4 is 22.1 Å². The first-order valence-corrected chi connectivity index (χ1v) is 7.76. The van der Waals surface area contributed by atoms with Crippen molar-refractivity contribution in [2.45, 2.75) is 31.8 Å². The number of benzene rings is 1. The second-order valence-corrected chi connectivity index (χ2v) is 5.43. The highest BCUT2D eigenvalue weighted by Gasteiger charge is 2.22. The summed E-state index contributed by atoms with van der Waals surface area (Å²) in [5, 5.41) is 14.4. The number of guanidine groups is 1. The molecule has 0 aliphatic rings. The summed E-state index contributed by atoms with van der Waals surface area (Å²) in [6, 6.07) is 7.50. The van der Waals surface area contributed by atoms with Crippen LogP contribution in [-0.4, -0.2) is 48.1 Å². The Labute approximate surface area is 141 Å². The zero-order valence-electron chi connectivity index (χ0n) is 13.7. The molecule has 2 atom stereocenters. The molecule has 0 radical (unpaired) electrons. The lowest BCUT2D eigenvalue weighted by atomic mass is 10.1. The van der Waals surface area contributed by atoms with Crippen LogP contribution in [0.25, 0.3) is 0 Å². The highest BCUT2D eigenvalue weighted by molar-refractivity contribution is 5.97. The van der Waals surface area contributed by atoms with Crippen LogP contribution in [0.2, 0.25) is 0 Å². The highest BCUT2D eigenvalue weighted by atomic mass is 16.3. The number of carbonyl (C=O) groups excluding carboxylic acids is 2. The van der Waals surface area contributed by atoms with Crippen LogP contribution in [0.4, 0.5) is 0 Å². The van der Waals surface area contributed by atoms with Crippen LogP contribution in [0, 0.1) is 0 Å². The van der Waals surface area contributed by atoms with E-state index in [4.69, 9.17) is 16.6 Å². The Bertz CT molecular complexity index is 558. The van der Waals surface area contributed by atoms with Crippen molar-refractivity contribution in [2.24, 2.45) is 16.5 Å². The number of rotatable bonds is 9. The lowest BCUT2D eigenvalue weighted by Gasteiger charge is -2.20. The minimum absolute atomic E-state index is 0.0155. The Morgan fingerprint density at radius 3 is 2.46 bits per heavy atom. The maximum atomic E-state index is 12.3. The average Bonchev–Trinajstić information content (AvgIpc) is 2.57. The monoisotopic (exact) mass is 335 g/mol. The van der Waals surface area contributed by atoms with Crippen molar-refractivity contribution >= 4 is 17.8 Å². The number of nitrogens with two attached hydrogens (primary N) is 2. The van der Waals surface area contributed by atoms with Gasteiger partial charge in [0, 0.05) is 18.2 Å². The smallest absolute Gasteiger partial charge is 0.251 e. The summed E-state index contributed by atoms with van der Waals surface area (Å²) >= 11 is 0. The van der Waals surface area contributed by atoms with Gasteiger partial charge in [0.25, 0.3) is 5.91 Å². The van der Waals surface area contributed by atoms with E-state index in [0.717, 1.165) is 0 Å². The molecule has 0 saturated carbocycles. The quantitative estimate of drug-likeness (QED) is 0.231. The molecule has 0 fully saturated rings. The van der Waals surface area contributed by atoms with Crippen molar-refractivity contribution in [1.29, 1.82) is 0 Å². The van der Waals surface area contributed by atoms with Crippen molar-refractivity contribution in [1.82, 2.24) is 10.6 Å². The van der Waals surface area contributed by atoms with Crippen molar-refractivity contribution in [3.8, 4) is 0 Å². The minimum atomic E-state index is -0.735.